The minimum atomic E-state index is -0.564. The summed E-state index contributed by atoms with van der Waals surface area (Å²) < 4.78 is 15.0. The van der Waals surface area contributed by atoms with Gasteiger partial charge in [-0.1, -0.05) is 6.07 Å². The standard InChI is InChI=1S/C22H26FN7O5S/c1-13(31)24-10-15-9-16(21(33)26-15)14-2-3-18(17(23)8-14)29-6-4-28(5-7-29)12-19(32)27-22-25-11-20(36-22)30(34)35/h2-3,8,11,15-16H,4-7,9-10,12H2,1H3,(H,24,31)(H,26,33)(H,25,27,32)/t15?,16-/m0/s1. The van der Waals surface area contributed by atoms with Gasteiger partial charge in [-0.3, -0.25) is 29.4 Å². The largest absolute Gasteiger partial charge is 0.367 e. The molecular weight excluding hydrogens is 493 g/mol. The predicted molar refractivity (Wildman–Crippen MR) is 130 cm³/mol. The maximum absolute atomic E-state index is 15.0. The normalized spacial score (nSPS) is 20.2. The molecule has 3 N–H and O–H groups in total. The number of benzene rings is 1. The molecule has 0 aliphatic carbocycles. The van der Waals surface area contributed by atoms with E-state index in [0.29, 0.717) is 50.4 Å². The average Bonchev–Trinajstić information content (AvgIpc) is 3.45. The van der Waals surface area contributed by atoms with Gasteiger partial charge in [0.2, 0.25) is 17.7 Å². The number of rotatable bonds is 8. The molecule has 1 aromatic carbocycles. The van der Waals surface area contributed by atoms with Crippen LogP contribution in [0.5, 0.6) is 0 Å². The van der Waals surface area contributed by atoms with Crippen LogP contribution < -0.4 is 20.9 Å². The Morgan fingerprint density at radius 1 is 1.31 bits per heavy atom. The van der Waals surface area contributed by atoms with Crippen LogP contribution in [0.4, 0.5) is 20.2 Å². The van der Waals surface area contributed by atoms with Crippen LogP contribution in [-0.2, 0) is 14.4 Å². The van der Waals surface area contributed by atoms with Crippen LogP contribution in [0.15, 0.2) is 24.4 Å². The maximum Gasteiger partial charge on any atom is 0.345 e. The minimum Gasteiger partial charge on any atom is -0.367 e. The van der Waals surface area contributed by atoms with Crippen molar-refractivity contribution in [3.63, 3.8) is 0 Å². The van der Waals surface area contributed by atoms with E-state index in [1.165, 1.54) is 13.0 Å². The van der Waals surface area contributed by atoms with Crippen molar-refractivity contribution in [2.24, 2.45) is 0 Å². The van der Waals surface area contributed by atoms with E-state index in [0.717, 1.165) is 17.5 Å². The van der Waals surface area contributed by atoms with Crippen molar-refractivity contribution in [1.82, 2.24) is 20.5 Å². The number of aromatic nitrogens is 1. The average molecular weight is 520 g/mol. The molecule has 1 aromatic heterocycles. The number of amides is 3. The second kappa shape index (κ2) is 11.0. The third-order valence-corrected chi connectivity index (χ3v) is 7.02. The number of carbonyl (C=O) groups excluding carboxylic acids is 3. The van der Waals surface area contributed by atoms with Gasteiger partial charge in [0.1, 0.15) is 12.0 Å². The van der Waals surface area contributed by atoms with Gasteiger partial charge >= 0.3 is 5.00 Å². The highest BCUT2D eigenvalue weighted by Gasteiger charge is 2.33. The SMILES string of the molecule is CC(=O)NCC1C[C@@H](c2ccc(N3CCN(CC(=O)Nc4ncc([N+](=O)[O-])s4)CC3)c(F)c2)C(=O)N1. The molecule has 12 nitrogen and oxygen atoms in total. The van der Waals surface area contributed by atoms with Crippen molar-refractivity contribution >= 4 is 44.9 Å². The first kappa shape index (κ1) is 25.4. The first-order valence-electron chi connectivity index (χ1n) is 11.4. The molecule has 2 fully saturated rings. The third-order valence-electron chi connectivity index (χ3n) is 6.15. The first-order chi connectivity index (χ1) is 17.2. The first-order valence-corrected chi connectivity index (χ1v) is 12.2. The van der Waals surface area contributed by atoms with E-state index >= 15 is 4.39 Å². The zero-order valence-electron chi connectivity index (χ0n) is 19.5. The number of nitrogens with one attached hydrogen (secondary N) is 3. The van der Waals surface area contributed by atoms with Gasteiger partial charge in [-0.15, -0.1) is 0 Å². The zero-order valence-corrected chi connectivity index (χ0v) is 20.3. The highest BCUT2D eigenvalue weighted by Crippen LogP contribution is 2.31. The lowest BCUT2D eigenvalue weighted by molar-refractivity contribution is -0.380. The summed E-state index contributed by atoms with van der Waals surface area (Å²) in [6.45, 7) is 3.92. The molecule has 3 heterocycles. The van der Waals surface area contributed by atoms with E-state index < -0.39 is 16.7 Å². The number of nitro groups is 1. The van der Waals surface area contributed by atoms with Crippen LogP contribution in [0.3, 0.4) is 0 Å². The Morgan fingerprint density at radius 3 is 2.69 bits per heavy atom. The van der Waals surface area contributed by atoms with Gasteiger partial charge in [-0.05, 0) is 35.5 Å². The smallest absolute Gasteiger partial charge is 0.345 e. The fourth-order valence-corrected chi connectivity index (χ4v) is 5.00. The Labute approximate surface area is 210 Å². The van der Waals surface area contributed by atoms with Gasteiger partial charge in [0, 0.05) is 45.7 Å². The lowest BCUT2D eigenvalue weighted by Crippen LogP contribution is -2.48. The summed E-state index contributed by atoms with van der Waals surface area (Å²) in [4.78, 5) is 53.6. The van der Waals surface area contributed by atoms with Crippen molar-refractivity contribution in [1.29, 1.82) is 0 Å². The quantitative estimate of drug-likeness (QED) is 0.346. The second-order valence-corrected chi connectivity index (χ2v) is 9.72. The van der Waals surface area contributed by atoms with Crippen LogP contribution in [0.2, 0.25) is 0 Å². The van der Waals surface area contributed by atoms with E-state index in [4.69, 9.17) is 0 Å². The van der Waals surface area contributed by atoms with E-state index in [-0.39, 0.29) is 40.4 Å². The van der Waals surface area contributed by atoms with Gasteiger partial charge in [0.05, 0.1) is 23.1 Å². The molecule has 192 valence electrons. The van der Waals surface area contributed by atoms with Crippen LogP contribution in [0.25, 0.3) is 0 Å². The molecular formula is C22H26FN7O5S. The number of halogens is 1. The topological polar surface area (TPSA) is 150 Å². The molecule has 2 aliphatic heterocycles. The van der Waals surface area contributed by atoms with Gasteiger partial charge in [-0.2, -0.15) is 0 Å². The number of anilines is 2. The predicted octanol–water partition coefficient (Wildman–Crippen LogP) is 1.06. The van der Waals surface area contributed by atoms with Gasteiger partial charge < -0.3 is 20.9 Å². The third kappa shape index (κ3) is 6.12. The Kier molecular flexibility index (Phi) is 7.74. The number of hydrogen-bond donors (Lipinski definition) is 3. The van der Waals surface area contributed by atoms with Crippen molar-refractivity contribution in [3.8, 4) is 0 Å². The molecule has 36 heavy (non-hydrogen) atoms. The van der Waals surface area contributed by atoms with E-state index in [1.807, 2.05) is 9.80 Å². The van der Waals surface area contributed by atoms with Crippen molar-refractivity contribution in [2.75, 3.05) is 49.5 Å². The molecule has 4 rings (SSSR count). The zero-order chi connectivity index (χ0) is 25.8. The molecule has 2 atom stereocenters. The summed E-state index contributed by atoms with van der Waals surface area (Å²) in [7, 11) is 0. The number of piperazine rings is 1. The summed E-state index contributed by atoms with van der Waals surface area (Å²) in [6, 6.07) is 4.64. The Hall–Kier alpha value is -3.65. The molecule has 1 unspecified atom stereocenters. The van der Waals surface area contributed by atoms with E-state index in [2.05, 4.69) is 20.9 Å². The number of carbonyl (C=O) groups is 3. The molecule has 0 saturated carbocycles. The number of nitrogens with zero attached hydrogens (tertiary/aromatic N) is 4. The van der Waals surface area contributed by atoms with Crippen LogP contribution >= 0.6 is 11.3 Å². The van der Waals surface area contributed by atoms with Gasteiger partial charge in [0.15, 0.2) is 5.13 Å². The van der Waals surface area contributed by atoms with Crippen molar-refractivity contribution in [2.45, 2.75) is 25.3 Å². The molecule has 2 saturated heterocycles. The number of hydrogen-bond acceptors (Lipinski definition) is 9. The van der Waals surface area contributed by atoms with Crippen molar-refractivity contribution in [3.05, 3.63) is 45.9 Å². The second-order valence-electron chi connectivity index (χ2n) is 8.71. The molecule has 2 aromatic rings. The highest BCUT2D eigenvalue weighted by molar-refractivity contribution is 7.18. The summed E-state index contributed by atoms with van der Waals surface area (Å²) in [6.07, 6.45) is 1.58. The van der Waals surface area contributed by atoms with E-state index in [9.17, 15) is 24.5 Å². The summed E-state index contributed by atoms with van der Waals surface area (Å²) >= 11 is 0.792. The molecule has 3 amide bonds. The minimum absolute atomic E-state index is 0.0963. The van der Waals surface area contributed by atoms with Crippen LogP contribution in [0, 0.1) is 15.9 Å². The molecule has 0 bridgehead atoms. The number of thiazole rings is 1. The Balaban J connectivity index is 1.28. The van der Waals surface area contributed by atoms with Crippen LogP contribution in [0.1, 0.15) is 24.8 Å². The lowest BCUT2D eigenvalue weighted by Gasteiger charge is -2.35. The molecule has 14 heteroatoms. The molecule has 0 radical (unpaired) electrons. The Morgan fingerprint density at radius 2 is 2.06 bits per heavy atom. The maximum atomic E-state index is 15.0. The summed E-state index contributed by atoms with van der Waals surface area (Å²) in [5.41, 5.74) is 1.03. The molecule has 2 aliphatic rings. The van der Waals surface area contributed by atoms with E-state index in [1.54, 1.807) is 12.1 Å². The lowest BCUT2D eigenvalue weighted by atomic mass is 9.95. The molecule has 0 spiro atoms. The Bertz CT molecular complexity index is 1170. The fraction of sp³-hybridized carbons (Fsp3) is 0.455. The monoisotopic (exact) mass is 519 g/mol. The van der Waals surface area contributed by atoms with Crippen LogP contribution in [-0.4, -0.2) is 77.8 Å². The summed E-state index contributed by atoms with van der Waals surface area (Å²) in [5.74, 6) is -1.56. The van der Waals surface area contributed by atoms with Gasteiger partial charge in [0.25, 0.3) is 0 Å². The highest BCUT2D eigenvalue weighted by atomic mass is 32.1. The van der Waals surface area contributed by atoms with Gasteiger partial charge in [-0.25, -0.2) is 9.37 Å². The fourth-order valence-electron chi connectivity index (χ4n) is 4.35. The summed E-state index contributed by atoms with van der Waals surface area (Å²) in [5, 5.41) is 18.9. The van der Waals surface area contributed by atoms with Crippen molar-refractivity contribution < 1.29 is 23.7 Å².